The summed E-state index contributed by atoms with van der Waals surface area (Å²) in [5.74, 6) is -0.984. The average molecular weight is 345 g/mol. The molecule has 0 aliphatic rings. The molecule has 0 saturated carbocycles. The maximum Gasteiger partial charge on any atom is 0.349 e. The van der Waals surface area contributed by atoms with Gasteiger partial charge in [0.15, 0.2) is 11.9 Å². The van der Waals surface area contributed by atoms with E-state index >= 15 is 0 Å². The third-order valence-corrected chi connectivity index (χ3v) is 4.59. The van der Waals surface area contributed by atoms with Crippen molar-refractivity contribution in [1.29, 1.82) is 0 Å². The van der Waals surface area contributed by atoms with Gasteiger partial charge in [0.05, 0.1) is 4.88 Å². The summed E-state index contributed by atoms with van der Waals surface area (Å²) in [6.45, 7) is 3.42. The van der Waals surface area contributed by atoms with Crippen LogP contribution >= 0.6 is 11.3 Å². The number of nitrogens with zero attached hydrogens (tertiary/aromatic N) is 1. The van der Waals surface area contributed by atoms with Crippen LogP contribution in [0.5, 0.6) is 0 Å². The molecule has 1 unspecified atom stereocenters. The SMILES string of the molecule is CC(=O)c1ccc(C(=O)OC(C)C(=O)N(C)Cc2ccccc2)s1. The minimum absolute atomic E-state index is 0.106. The fourth-order valence-electron chi connectivity index (χ4n) is 2.15. The molecular formula is C18H19NO4S. The Bertz CT molecular complexity index is 738. The van der Waals surface area contributed by atoms with E-state index in [1.165, 1.54) is 17.9 Å². The zero-order valence-electron chi connectivity index (χ0n) is 13.8. The molecule has 1 heterocycles. The lowest BCUT2D eigenvalue weighted by molar-refractivity contribution is -0.139. The van der Waals surface area contributed by atoms with E-state index in [9.17, 15) is 14.4 Å². The van der Waals surface area contributed by atoms with Crippen molar-refractivity contribution in [3.8, 4) is 0 Å². The van der Waals surface area contributed by atoms with Crippen LogP contribution in [0.2, 0.25) is 0 Å². The van der Waals surface area contributed by atoms with E-state index in [-0.39, 0.29) is 11.7 Å². The van der Waals surface area contributed by atoms with Gasteiger partial charge in [-0.1, -0.05) is 30.3 Å². The predicted octanol–water partition coefficient (Wildman–Crippen LogP) is 3.15. The van der Waals surface area contributed by atoms with Crippen LogP contribution in [0.25, 0.3) is 0 Å². The maximum absolute atomic E-state index is 12.3. The fourth-order valence-corrected chi connectivity index (χ4v) is 2.94. The van der Waals surface area contributed by atoms with E-state index in [0.717, 1.165) is 16.9 Å². The minimum Gasteiger partial charge on any atom is -0.448 e. The van der Waals surface area contributed by atoms with Gasteiger partial charge in [-0.2, -0.15) is 0 Å². The summed E-state index contributed by atoms with van der Waals surface area (Å²) >= 11 is 1.06. The van der Waals surface area contributed by atoms with Crippen LogP contribution < -0.4 is 0 Å². The first kappa shape index (κ1) is 17.9. The van der Waals surface area contributed by atoms with Crippen LogP contribution in [-0.4, -0.2) is 35.7 Å². The van der Waals surface area contributed by atoms with Crippen molar-refractivity contribution in [2.24, 2.45) is 0 Å². The molecule has 0 N–H and O–H groups in total. The topological polar surface area (TPSA) is 63.7 Å². The molecule has 126 valence electrons. The van der Waals surface area contributed by atoms with Gasteiger partial charge in [0.25, 0.3) is 5.91 Å². The molecule has 5 nitrogen and oxygen atoms in total. The molecule has 0 saturated heterocycles. The summed E-state index contributed by atoms with van der Waals surface area (Å²) < 4.78 is 5.22. The number of thiophene rings is 1. The van der Waals surface area contributed by atoms with Crippen LogP contribution in [0, 0.1) is 0 Å². The number of hydrogen-bond acceptors (Lipinski definition) is 5. The number of amides is 1. The summed E-state index contributed by atoms with van der Waals surface area (Å²) in [7, 11) is 1.67. The minimum atomic E-state index is -0.894. The van der Waals surface area contributed by atoms with Gasteiger partial charge in [0, 0.05) is 13.6 Å². The molecule has 0 radical (unpaired) electrons. The third-order valence-electron chi connectivity index (χ3n) is 3.42. The molecule has 0 aliphatic heterocycles. The van der Waals surface area contributed by atoms with Gasteiger partial charge < -0.3 is 9.64 Å². The Labute approximate surface area is 144 Å². The molecule has 2 rings (SSSR count). The molecule has 24 heavy (non-hydrogen) atoms. The molecule has 1 atom stereocenters. The molecule has 1 amide bonds. The Morgan fingerprint density at radius 2 is 1.71 bits per heavy atom. The second kappa shape index (κ2) is 7.88. The molecular weight excluding hydrogens is 326 g/mol. The molecule has 0 aliphatic carbocycles. The summed E-state index contributed by atoms with van der Waals surface area (Å²) in [4.78, 5) is 38.0. The van der Waals surface area contributed by atoms with Gasteiger partial charge in [0.2, 0.25) is 0 Å². The number of likely N-dealkylation sites (N-methyl/N-ethyl adjacent to an activating group) is 1. The monoisotopic (exact) mass is 345 g/mol. The lowest BCUT2D eigenvalue weighted by atomic mass is 10.2. The van der Waals surface area contributed by atoms with E-state index in [2.05, 4.69) is 0 Å². The second-order valence-electron chi connectivity index (χ2n) is 5.45. The first-order valence-corrected chi connectivity index (χ1v) is 8.30. The predicted molar refractivity (Wildman–Crippen MR) is 92.1 cm³/mol. The van der Waals surface area contributed by atoms with Crippen molar-refractivity contribution in [2.45, 2.75) is 26.5 Å². The zero-order chi connectivity index (χ0) is 17.7. The van der Waals surface area contributed by atoms with Gasteiger partial charge in [0.1, 0.15) is 4.88 Å². The highest BCUT2D eigenvalue weighted by Gasteiger charge is 2.23. The summed E-state index contributed by atoms with van der Waals surface area (Å²) in [5.41, 5.74) is 0.997. The number of carbonyl (C=O) groups is 3. The molecule has 1 aromatic heterocycles. The lowest BCUT2D eigenvalue weighted by Crippen LogP contribution is -2.37. The number of Topliss-reactive ketones (excluding diaryl/α,β-unsaturated/α-hetero) is 1. The number of ether oxygens (including phenoxy) is 1. The number of hydrogen-bond donors (Lipinski definition) is 0. The second-order valence-corrected chi connectivity index (χ2v) is 6.53. The Morgan fingerprint density at radius 1 is 1.08 bits per heavy atom. The van der Waals surface area contributed by atoms with E-state index in [4.69, 9.17) is 4.74 Å². The van der Waals surface area contributed by atoms with Gasteiger partial charge in [-0.3, -0.25) is 9.59 Å². The average Bonchev–Trinajstić information content (AvgIpc) is 3.05. The number of benzene rings is 1. The molecule has 0 bridgehead atoms. The summed E-state index contributed by atoms with van der Waals surface area (Å²) in [6, 6.07) is 12.7. The summed E-state index contributed by atoms with van der Waals surface area (Å²) in [5, 5.41) is 0. The largest absolute Gasteiger partial charge is 0.448 e. The Balaban J connectivity index is 1.94. The Hall–Kier alpha value is -2.47. The maximum atomic E-state index is 12.3. The number of carbonyl (C=O) groups excluding carboxylic acids is 3. The fraction of sp³-hybridized carbons (Fsp3) is 0.278. The normalized spacial score (nSPS) is 11.6. The number of rotatable bonds is 6. The smallest absolute Gasteiger partial charge is 0.349 e. The lowest BCUT2D eigenvalue weighted by Gasteiger charge is -2.21. The highest BCUT2D eigenvalue weighted by molar-refractivity contribution is 7.15. The van der Waals surface area contributed by atoms with Gasteiger partial charge in [-0.25, -0.2) is 4.79 Å². The van der Waals surface area contributed by atoms with Crippen molar-refractivity contribution in [2.75, 3.05) is 7.05 Å². The van der Waals surface area contributed by atoms with Crippen molar-refractivity contribution in [1.82, 2.24) is 4.90 Å². The van der Waals surface area contributed by atoms with Crippen molar-refractivity contribution in [3.63, 3.8) is 0 Å². The molecule has 0 spiro atoms. The van der Waals surface area contributed by atoms with Gasteiger partial charge in [-0.05, 0) is 31.5 Å². The van der Waals surface area contributed by atoms with Crippen LogP contribution in [-0.2, 0) is 16.1 Å². The van der Waals surface area contributed by atoms with E-state index in [1.807, 2.05) is 30.3 Å². The standard InChI is InChI=1S/C18H19NO4S/c1-12(20)15-9-10-16(24-15)18(22)23-13(2)17(21)19(3)11-14-7-5-4-6-8-14/h4-10,13H,11H2,1-3H3. The van der Waals surface area contributed by atoms with Crippen LogP contribution in [0.15, 0.2) is 42.5 Å². The Kier molecular flexibility index (Phi) is 5.87. The van der Waals surface area contributed by atoms with Gasteiger partial charge >= 0.3 is 5.97 Å². The highest BCUT2D eigenvalue weighted by atomic mass is 32.1. The van der Waals surface area contributed by atoms with Gasteiger partial charge in [-0.15, -0.1) is 11.3 Å². The highest BCUT2D eigenvalue weighted by Crippen LogP contribution is 2.19. The van der Waals surface area contributed by atoms with Crippen molar-refractivity contribution >= 4 is 29.0 Å². The van der Waals surface area contributed by atoms with E-state index in [1.54, 1.807) is 20.0 Å². The van der Waals surface area contributed by atoms with Crippen LogP contribution in [0.4, 0.5) is 0 Å². The Morgan fingerprint density at radius 3 is 2.29 bits per heavy atom. The first-order chi connectivity index (χ1) is 11.4. The third kappa shape index (κ3) is 4.52. The quantitative estimate of drug-likeness (QED) is 0.596. The van der Waals surface area contributed by atoms with E-state index in [0.29, 0.717) is 16.3 Å². The zero-order valence-corrected chi connectivity index (χ0v) is 14.6. The number of esters is 1. The number of ketones is 1. The van der Waals surface area contributed by atoms with Crippen molar-refractivity contribution in [3.05, 3.63) is 57.8 Å². The van der Waals surface area contributed by atoms with Crippen molar-refractivity contribution < 1.29 is 19.1 Å². The van der Waals surface area contributed by atoms with E-state index < -0.39 is 12.1 Å². The molecule has 2 aromatic rings. The first-order valence-electron chi connectivity index (χ1n) is 7.49. The molecule has 0 fully saturated rings. The van der Waals surface area contributed by atoms with Crippen LogP contribution in [0.3, 0.4) is 0 Å². The molecule has 6 heteroatoms. The van der Waals surface area contributed by atoms with Crippen LogP contribution in [0.1, 0.15) is 38.8 Å². The molecule has 1 aromatic carbocycles. The summed E-state index contributed by atoms with van der Waals surface area (Å²) in [6.07, 6.45) is -0.894.